The first-order chi connectivity index (χ1) is 12.8. The second-order valence-corrected chi connectivity index (χ2v) is 7.52. The van der Waals surface area contributed by atoms with Crippen LogP contribution in [0.2, 0.25) is 0 Å². The van der Waals surface area contributed by atoms with Crippen molar-refractivity contribution in [3.05, 3.63) is 107 Å². The smallest absolute Gasteiger partial charge is 0.338 e. The van der Waals surface area contributed by atoms with Gasteiger partial charge in [0, 0.05) is 0 Å². The van der Waals surface area contributed by atoms with Crippen molar-refractivity contribution in [1.29, 1.82) is 0 Å². The Labute approximate surface area is 160 Å². The fourth-order valence-electron chi connectivity index (χ4n) is 3.04. The summed E-state index contributed by atoms with van der Waals surface area (Å²) < 4.78 is 5.42. The molecule has 0 unspecified atom stereocenters. The number of aliphatic hydroxyl groups is 1. The summed E-state index contributed by atoms with van der Waals surface area (Å²) in [6.45, 7) is 5.51. The minimum Gasteiger partial charge on any atom is -0.456 e. The maximum Gasteiger partial charge on any atom is 0.338 e. The molecule has 0 aliphatic heterocycles. The zero-order valence-corrected chi connectivity index (χ0v) is 15.8. The van der Waals surface area contributed by atoms with E-state index in [0.717, 1.165) is 11.1 Å². The van der Waals surface area contributed by atoms with Crippen molar-refractivity contribution in [2.45, 2.75) is 32.0 Å². The van der Waals surface area contributed by atoms with Crippen LogP contribution in [0.1, 0.15) is 47.8 Å². The number of esters is 1. The van der Waals surface area contributed by atoms with E-state index < -0.39 is 11.2 Å². The largest absolute Gasteiger partial charge is 0.456 e. The summed E-state index contributed by atoms with van der Waals surface area (Å²) in [5.41, 5.74) is 0.811. The van der Waals surface area contributed by atoms with Crippen LogP contribution in [0.3, 0.4) is 0 Å². The van der Waals surface area contributed by atoms with E-state index in [4.69, 9.17) is 4.74 Å². The summed E-state index contributed by atoms with van der Waals surface area (Å²) in [5.74, 6) is -0.378. The van der Waals surface area contributed by atoms with Crippen LogP contribution in [0, 0.1) is 0 Å². The molecular formula is C24H24O3. The average Bonchev–Trinajstić information content (AvgIpc) is 2.67. The predicted molar refractivity (Wildman–Crippen MR) is 107 cm³/mol. The fraction of sp³-hybridized carbons (Fsp3) is 0.208. The first kappa shape index (κ1) is 18.9. The molecule has 138 valence electrons. The van der Waals surface area contributed by atoms with E-state index in [9.17, 15) is 9.90 Å². The second kappa shape index (κ2) is 7.37. The minimum absolute atomic E-state index is 0.378. The van der Waals surface area contributed by atoms with Crippen LogP contribution in [0.15, 0.2) is 84.9 Å². The van der Waals surface area contributed by atoms with E-state index in [2.05, 4.69) is 0 Å². The molecule has 0 aromatic heterocycles. The Kier molecular flexibility index (Phi) is 5.15. The summed E-state index contributed by atoms with van der Waals surface area (Å²) in [6, 6.07) is 26.0. The molecule has 27 heavy (non-hydrogen) atoms. The molecule has 0 aliphatic rings. The number of hydrogen-bond acceptors (Lipinski definition) is 3. The van der Waals surface area contributed by atoms with Gasteiger partial charge in [-0.15, -0.1) is 0 Å². The third kappa shape index (κ3) is 4.09. The summed E-state index contributed by atoms with van der Waals surface area (Å²) >= 11 is 0. The molecule has 0 fully saturated rings. The predicted octanol–water partition coefficient (Wildman–Crippen LogP) is 4.93. The van der Waals surface area contributed by atoms with Crippen molar-refractivity contribution in [2.24, 2.45) is 0 Å². The van der Waals surface area contributed by atoms with Crippen molar-refractivity contribution >= 4 is 5.97 Å². The number of carbonyl (C=O) groups excluding carboxylic acids is 1. The van der Waals surface area contributed by atoms with Gasteiger partial charge in [-0.25, -0.2) is 4.79 Å². The Morgan fingerprint density at radius 2 is 1.11 bits per heavy atom. The second-order valence-electron chi connectivity index (χ2n) is 7.52. The van der Waals surface area contributed by atoms with Crippen LogP contribution in [0.4, 0.5) is 0 Å². The third-order valence-electron chi connectivity index (χ3n) is 4.32. The molecule has 0 bridgehead atoms. The summed E-state index contributed by atoms with van der Waals surface area (Å²) in [6.07, 6.45) is 0. The van der Waals surface area contributed by atoms with Crippen LogP contribution in [0.25, 0.3) is 0 Å². The summed E-state index contributed by atoms with van der Waals surface area (Å²) in [7, 11) is 0. The van der Waals surface area contributed by atoms with Gasteiger partial charge in [-0.2, -0.15) is 0 Å². The van der Waals surface area contributed by atoms with Crippen molar-refractivity contribution < 1.29 is 14.6 Å². The molecule has 0 saturated carbocycles. The Morgan fingerprint density at radius 1 is 0.704 bits per heavy atom. The molecule has 3 nitrogen and oxygen atoms in total. The van der Waals surface area contributed by atoms with Gasteiger partial charge < -0.3 is 9.84 Å². The zero-order valence-electron chi connectivity index (χ0n) is 15.8. The molecule has 0 atom stereocenters. The fourth-order valence-corrected chi connectivity index (χ4v) is 3.04. The molecule has 3 aromatic carbocycles. The maximum absolute atomic E-state index is 12.3. The van der Waals surface area contributed by atoms with E-state index in [1.165, 1.54) is 0 Å². The van der Waals surface area contributed by atoms with E-state index in [-0.39, 0.29) is 5.97 Å². The van der Waals surface area contributed by atoms with Gasteiger partial charge in [0.05, 0.1) is 5.56 Å². The van der Waals surface area contributed by atoms with Crippen LogP contribution < -0.4 is 0 Å². The lowest BCUT2D eigenvalue weighted by Gasteiger charge is -2.30. The molecule has 0 saturated heterocycles. The van der Waals surface area contributed by atoms with Gasteiger partial charge in [0.2, 0.25) is 0 Å². The summed E-state index contributed by atoms with van der Waals surface area (Å²) in [4.78, 5) is 12.3. The molecule has 3 aromatic rings. The van der Waals surface area contributed by atoms with Crippen molar-refractivity contribution in [2.75, 3.05) is 0 Å². The lowest BCUT2D eigenvalue weighted by atomic mass is 9.80. The first-order valence-corrected chi connectivity index (χ1v) is 8.98. The quantitative estimate of drug-likeness (QED) is 0.530. The lowest BCUT2D eigenvalue weighted by molar-refractivity contribution is 0.00692. The van der Waals surface area contributed by atoms with E-state index in [1.807, 2.05) is 81.4 Å². The van der Waals surface area contributed by atoms with Crippen molar-refractivity contribution in [1.82, 2.24) is 0 Å². The van der Waals surface area contributed by atoms with Crippen LogP contribution >= 0.6 is 0 Å². The van der Waals surface area contributed by atoms with Gasteiger partial charge in [-0.3, -0.25) is 0 Å². The monoisotopic (exact) mass is 360 g/mol. The molecular weight excluding hydrogens is 336 g/mol. The van der Waals surface area contributed by atoms with Crippen LogP contribution in [-0.4, -0.2) is 16.7 Å². The SMILES string of the molecule is CC(C)(C)OC(=O)c1ccc(C(O)(c2ccccc2)c2ccccc2)cc1. The highest BCUT2D eigenvalue weighted by Gasteiger charge is 2.33. The van der Waals surface area contributed by atoms with Crippen molar-refractivity contribution in [3.63, 3.8) is 0 Å². The average molecular weight is 360 g/mol. The minimum atomic E-state index is -1.31. The normalized spacial score (nSPS) is 11.9. The van der Waals surface area contributed by atoms with Gasteiger partial charge in [0.25, 0.3) is 0 Å². The van der Waals surface area contributed by atoms with E-state index in [1.54, 1.807) is 24.3 Å². The molecule has 1 N–H and O–H groups in total. The Bertz CT molecular complexity index is 852. The molecule has 0 amide bonds. The van der Waals surface area contributed by atoms with Crippen molar-refractivity contribution in [3.8, 4) is 0 Å². The number of hydrogen-bond donors (Lipinski definition) is 1. The topological polar surface area (TPSA) is 46.5 Å². The van der Waals surface area contributed by atoms with Gasteiger partial charge in [0.1, 0.15) is 11.2 Å². The number of benzene rings is 3. The van der Waals surface area contributed by atoms with Gasteiger partial charge in [-0.05, 0) is 49.6 Å². The van der Waals surface area contributed by atoms with Crippen LogP contribution in [0.5, 0.6) is 0 Å². The van der Waals surface area contributed by atoms with E-state index >= 15 is 0 Å². The highest BCUT2D eigenvalue weighted by Crippen LogP contribution is 2.36. The number of carbonyl (C=O) groups is 1. The van der Waals surface area contributed by atoms with Gasteiger partial charge in [0.15, 0.2) is 0 Å². The highest BCUT2D eigenvalue weighted by molar-refractivity contribution is 5.89. The first-order valence-electron chi connectivity index (χ1n) is 8.98. The number of ether oxygens (including phenoxy) is 1. The molecule has 0 radical (unpaired) electrons. The Balaban J connectivity index is 2.03. The summed E-state index contributed by atoms with van der Waals surface area (Å²) in [5, 5.41) is 11.7. The van der Waals surface area contributed by atoms with Gasteiger partial charge >= 0.3 is 5.97 Å². The van der Waals surface area contributed by atoms with Gasteiger partial charge in [-0.1, -0.05) is 72.8 Å². The standard InChI is InChI=1S/C24H24O3/c1-23(2,3)27-22(25)18-14-16-21(17-15-18)24(26,19-10-6-4-7-11-19)20-12-8-5-9-13-20/h4-17,26H,1-3H3. The van der Waals surface area contributed by atoms with E-state index in [0.29, 0.717) is 11.1 Å². The lowest BCUT2D eigenvalue weighted by Crippen LogP contribution is -2.29. The maximum atomic E-state index is 12.3. The number of rotatable bonds is 4. The Hall–Kier alpha value is -2.91. The zero-order chi connectivity index (χ0) is 19.5. The highest BCUT2D eigenvalue weighted by atomic mass is 16.6. The third-order valence-corrected chi connectivity index (χ3v) is 4.32. The molecule has 0 spiro atoms. The molecule has 3 heteroatoms. The molecule has 3 rings (SSSR count). The molecule has 0 heterocycles. The Morgan fingerprint density at radius 3 is 1.52 bits per heavy atom. The van der Waals surface area contributed by atoms with Crippen LogP contribution in [-0.2, 0) is 10.3 Å². The molecule has 0 aliphatic carbocycles.